The van der Waals surface area contributed by atoms with Crippen LogP contribution >= 0.6 is 0 Å². The molecule has 2 aromatic heterocycles. The molecule has 1 saturated heterocycles. The smallest absolute Gasteiger partial charge is 0.253 e. The summed E-state index contributed by atoms with van der Waals surface area (Å²) in [7, 11) is 0. The van der Waals surface area contributed by atoms with Gasteiger partial charge in [-0.1, -0.05) is 12.1 Å². The van der Waals surface area contributed by atoms with E-state index < -0.39 is 0 Å². The van der Waals surface area contributed by atoms with Crippen LogP contribution in [-0.2, 0) is 6.42 Å². The minimum absolute atomic E-state index is 0.104. The zero-order chi connectivity index (χ0) is 18.2. The van der Waals surface area contributed by atoms with Gasteiger partial charge in [-0.15, -0.1) is 0 Å². The SMILES string of the molecule is O=C(c1ccc2occc2c1)N1CCC[C@H](Cc2nc3ccccc3[nH]2)C1. The van der Waals surface area contributed by atoms with Gasteiger partial charge in [0.05, 0.1) is 17.3 Å². The van der Waals surface area contributed by atoms with Crippen LogP contribution in [0.3, 0.4) is 0 Å². The van der Waals surface area contributed by atoms with E-state index in [0.29, 0.717) is 5.92 Å². The lowest BCUT2D eigenvalue weighted by Gasteiger charge is -2.32. The highest BCUT2D eigenvalue weighted by atomic mass is 16.3. The number of furan rings is 1. The number of benzene rings is 2. The topological polar surface area (TPSA) is 62.1 Å². The first-order chi connectivity index (χ1) is 13.3. The van der Waals surface area contributed by atoms with Gasteiger partial charge >= 0.3 is 0 Å². The van der Waals surface area contributed by atoms with Gasteiger partial charge in [0.25, 0.3) is 5.91 Å². The third kappa shape index (κ3) is 3.10. The summed E-state index contributed by atoms with van der Waals surface area (Å²) in [6.45, 7) is 1.60. The average molecular weight is 359 g/mol. The van der Waals surface area contributed by atoms with Crippen LogP contribution in [0.4, 0.5) is 0 Å². The van der Waals surface area contributed by atoms with Crippen molar-refractivity contribution >= 4 is 27.9 Å². The highest BCUT2D eigenvalue weighted by Crippen LogP contribution is 2.24. The van der Waals surface area contributed by atoms with E-state index in [1.165, 1.54) is 0 Å². The number of carbonyl (C=O) groups excluding carboxylic acids is 1. The molecule has 0 spiro atoms. The van der Waals surface area contributed by atoms with Crippen LogP contribution in [-0.4, -0.2) is 33.9 Å². The number of para-hydroxylation sites is 2. The number of aromatic amines is 1. The third-order valence-corrected chi connectivity index (χ3v) is 5.43. The van der Waals surface area contributed by atoms with Gasteiger partial charge in [0.2, 0.25) is 0 Å². The van der Waals surface area contributed by atoms with Crippen LogP contribution in [0.1, 0.15) is 29.0 Å². The predicted octanol–water partition coefficient (Wildman–Crippen LogP) is 4.40. The van der Waals surface area contributed by atoms with E-state index in [1.54, 1.807) is 6.26 Å². The van der Waals surface area contributed by atoms with Crippen LogP contribution in [0.2, 0.25) is 0 Å². The highest BCUT2D eigenvalue weighted by molar-refractivity contribution is 5.97. The number of likely N-dealkylation sites (tertiary alicyclic amines) is 1. The summed E-state index contributed by atoms with van der Waals surface area (Å²) in [6, 6.07) is 15.6. The number of amides is 1. The van der Waals surface area contributed by atoms with Crippen LogP contribution in [0.5, 0.6) is 0 Å². The Hall–Kier alpha value is -3.08. The Morgan fingerprint density at radius 2 is 2.15 bits per heavy atom. The molecule has 0 unspecified atom stereocenters. The van der Waals surface area contributed by atoms with E-state index in [0.717, 1.165) is 65.7 Å². The van der Waals surface area contributed by atoms with E-state index in [2.05, 4.69) is 11.1 Å². The Bertz CT molecular complexity index is 1080. The molecule has 1 aliphatic rings. The van der Waals surface area contributed by atoms with Crippen LogP contribution in [0.15, 0.2) is 59.2 Å². The molecular weight excluding hydrogens is 338 g/mol. The number of H-pyrrole nitrogens is 1. The van der Waals surface area contributed by atoms with Gasteiger partial charge in [0.15, 0.2) is 0 Å². The fourth-order valence-corrected chi connectivity index (χ4v) is 4.07. The minimum Gasteiger partial charge on any atom is -0.464 e. The Morgan fingerprint density at radius 1 is 1.22 bits per heavy atom. The maximum Gasteiger partial charge on any atom is 0.253 e. The molecule has 3 heterocycles. The Labute approximate surface area is 157 Å². The number of piperidine rings is 1. The van der Waals surface area contributed by atoms with E-state index in [-0.39, 0.29) is 5.91 Å². The summed E-state index contributed by atoms with van der Waals surface area (Å²) < 4.78 is 5.37. The molecule has 5 heteroatoms. The van der Waals surface area contributed by atoms with Gasteiger partial charge in [0, 0.05) is 30.5 Å². The monoisotopic (exact) mass is 359 g/mol. The van der Waals surface area contributed by atoms with Gasteiger partial charge in [-0.3, -0.25) is 4.79 Å². The maximum absolute atomic E-state index is 13.0. The standard InChI is InChI=1S/C22H21N3O2/c26-22(17-7-8-20-16(13-17)9-11-27-20)25-10-3-4-15(14-25)12-21-23-18-5-1-2-6-19(18)24-21/h1-2,5-9,11,13,15H,3-4,10,12,14H2,(H,23,24)/t15-/m1/s1. The molecule has 0 aliphatic carbocycles. The number of fused-ring (bicyclic) bond motifs is 2. The van der Waals surface area contributed by atoms with Crippen molar-refractivity contribution < 1.29 is 9.21 Å². The number of nitrogens with zero attached hydrogens (tertiary/aromatic N) is 2. The predicted molar refractivity (Wildman–Crippen MR) is 105 cm³/mol. The van der Waals surface area contributed by atoms with Crippen molar-refractivity contribution in [2.45, 2.75) is 19.3 Å². The van der Waals surface area contributed by atoms with E-state index in [9.17, 15) is 4.79 Å². The van der Waals surface area contributed by atoms with Crippen LogP contribution in [0.25, 0.3) is 22.0 Å². The molecule has 4 aromatic rings. The van der Waals surface area contributed by atoms with E-state index in [1.807, 2.05) is 47.4 Å². The maximum atomic E-state index is 13.0. The summed E-state index contributed by atoms with van der Waals surface area (Å²) >= 11 is 0. The Balaban J connectivity index is 1.31. The van der Waals surface area contributed by atoms with Gasteiger partial charge in [-0.25, -0.2) is 4.98 Å². The first kappa shape index (κ1) is 16.1. The lowest BCUT2D eigenvalue weighted by Crippen LogP contribution is -2.40. The fraction of sp³-hybridized carbons (Fsp3) is 0.273. The highest BCUT2D eigenvalue weighted by Gasteiger charge is 2.25. The zero-order valence-electron chi connectivity index (χ0n) is 15.0. The molecule has 0 bridgehead atoms. The lowest BCUT2D eigenvalue weighted by atomic mass is 9.94. The van der Waals surface area contributed by atoms with Gasteiger partial charge in [-0.2, -0.15) is 0 Å². The van der Waals surface area contributed by atoms with E-state index in [4.69, 9.17) is 9.40 Å². The third-order valence-electron chi connectivity index (χ3n) is 5.43. The van der Waals surface area contributed by atoms with Crippen molar-refractivity contribution in [2.24, 2.45) is 5.92 Å². The molecule has 5 nitrogen and oxygen atoms in total. The molecular formula is C22H21N3O2. The van der Waals surface area contributed by atoms with Gasteiger partial charge in [0.1, 0.15) is 11.4 Å². The first-order valence-corrected chi connectivity index (χ1v) is 9.46. The van der Waals surface area contributed by atoms with Crippen molar-refractivity contribution in [3.05, 3.63) is 66.2 Å². The molecule has 1 N–H and O–H groups in total. The van der Waals surface area contributed by atoms with Crippen LogP contribution < -0.4 is 0 Å². The first-order valence-electron chi connectivity index (χ1n) is 9.46. The second-order valence-electron chi connectivity index (χ2n) is 7.34. The molecule has 5 rings (SSSR count). The lowest BCUT2D eigenvalue weighted by molar-refractivity contribution is 0.0672. The molecule has 1 fully saturated rings. The quantitative estimate of drug-likeness (QED) is 0.589. The molecule has 1 atom stereocenters. The Morgan fingerprint density at radius 3 is 3.07 bits per heavy atom. The average Bonchev–Trinajstić information content (AvgIpc) is 3.33. The van der Waals surface area contributed by atoms with Gasteiger partial charge < -0.3 is 14.3 Å². The van der Waals surface area contributed by atoms with Crippen molar-refractivity contribution in [1.82, 2.24) is 14.9 Å². The number of nitrogens with one attached hydrogen (secondary N) is 1. The van der Waals surface area contributed by atoms with Crippen molar-refractivity contribution in [3.8, 4) is 0 Å². The van der Waals surface area contributed by atoms with Crippen molar-refractivity contribution in [3.63, 3.8) is 0 Å². The number of rotatable bonds is 3. The Kier molecular flexibility index (Phi) is 3.93. The summed E-state index contributed by atoms with van der Waals surface area (Å²) in [5.41, 5.74) is 3.62. The van der Waals surface area contributed by atoms with Crippen LogP contribution in [0, 0.1) is 5.92 Å². The summed E-state index contributed by atoms with van der Waals surface area (Å²) in [5, 5.41) is 0.969. The number of carbonyl (C=O) groups is 1. The number of imidazole rings is 1. The molecule has 27 heavy (non-hydrogen) atoms. The summed E-state index contributed by atoms with van der Waals surface area (Å²) in [5.74, 6) is 1.55. The van der Waals surface area contributed by atoms with Crippen molar-refractivity contribution in [1.29, 1.82) is 0 Å². The minimum atomic E-state index is 0.104. The van der Waals surface area contributed by atoms with Crippen molar-refractivity contribution in [2.75, 3.05) is 13.1 Å². The molecule has 0 saturated carbocycles. The van der Waals surface area contributed by atoms with E-state index >= 15 is 0 Å². The molecule has 1 amide bonds. The second kappa shape index (κ2) is 6.58. The number of aromatic nitrogens is 2. The second-order valence-corrected chi connectivity index (χ2v) is 7.34. The number of hydrogen-bond acceptors (Lipinski definition) is 3. The largest absolute Gasteiger partial charge is 0.464 e. The normalized spacial score (nSPS) is 17.6. The molecule has 0 radical (unpaired) electrons. The van der Waals surface area contributed by atoms with Gasteiger partial charge in [-0.05, 0) is 55.2 Å². The molecule has 1 aliphatic heterocycles. The summed E-state index contributed by atoms with van der Waals surface area (Å²) in [6.07, 6.45) is 4.69. The zero-order valence-corrected chi connectivity index (χ0v) is 15.0. The molecule has 2 aromatic carbocycles. The number of hydrogen-bond donors (Lipinski definition) is 1. The summed E-state index contributed by atoms with van der Waals surface area (Å²) in [4.78, 5) is 23.1. The molecule has 136 valence electrons. The fourth-order valence-electron chi connectivity index (χ4n) is 4.07.